The highest BCUT2D eigenvalue weighted by Gasteiger charge is 2.09. The van der Waals surface area contributed by atoms with Crippen molar-refractivity contribution in [3.63, 3.8) is 0 Å². The third kappa shape index (κ3) is 2.11. The lowest BCUT2D eigenvalue weighted by atomic mass is 10.1. The van der Waals surface area contributed by atoms with Crippen molar-refractivity contribution < 1.29 is 5.03 Å². The van der Waals surface area contributed by atoms with Gasteiger partial charge in [0.25, 0.3) is 0 Å². The molecule has 0 aliphatic carbocycles. The summed E-state index contributed by atoms with van der Waals surface area (Å²) in [5.74, 6) is 0.186. The van der Waals surface area contributed by atoms with Crippen LogP contribution in [-0.4, -0.2) is 15.0 Å². The Morgan fingerprint density at radius 1 is 1.25 bits per heavy atom. The molecule has 0 saturated heterocycles. The predicted molar refractivity (Wildman–Crippen MR) is 58.1 cm³/mol. The second-order valence-electron chi connectivity index (χ2n) is 3.02. The molecule has 1 N–H and O–H groups in total. The Balaban J connectivity index is 2.44. The molecule has 0 spiro atoms. The van der Waals surface area contributed by atoms with E-state index in [1.54, 1.807) is 0 Å². The molecule has 1 heterocycles. The number of hydrogen-bond acceptors (Lipinski definition) is 4. The fourth-order valence-corrected chi connectivity index (χ4v) is 1.33. The SMILES string of the molecule is O=[N+]([O-])Nc1ncncc1-c1ccccc1. The Hall–Kier alpha value is -2.50. The third-order valence-corrected chi connectivity index (χ3v) is 1.99. The Labute approximate surface area is 91.1 Å². The third-order valence-electron chi connectivity index (χ3n) is 1.99. The number of hydrazine groups is 1. The first-order valence-electron chi connectivity index (χ1n) is 4.54. The average Bonchev–Trinajstić information content (AvgIpc) is 2.30. The second kappa shape index (κ2) is 4.35. The Bertz CT molecular complexity index is 501. The van der Waals surface area contributed by atoms with Crippen molar-refractivity contribution in [1.29, 1.82) is 0 Å². The monoisotopic (exact) mass is 216 g/mol. The lowest BCUT2D eigenvalue weighted by Gasteiger charge is -2.04. The van der Waals surface area contributed by atoms with E-state index in [9.17, 15) is 10.1 Å². The van der Waals surface area contributed by atoms with Crippen LogP contribution < -0.4 is 5.43 Å². The molecule has 0 aliphatic rings. The van der Waals surface area contributed by atoms with Gasteiger partial charge < -0.3 is 0 Å². The first kappa shape index (κ1) is 10.0. The van der Waals surface area contributed by atoms with Crippen molar-refractivity contribution in [2.45, 2.75) is 0 Å². The van der Waals surface area contributed by atoms with Crippen LogP contribution in [0.15, 0.2) is 42.9 Å². The summed E-state index contributed by atoms with van der Waals surface area (Å²) in [7, 11) is 0. The van der Waals surface area contributed by atoms with Gasteiger partial charge in [-0.15, -0.1) is 0 Å². The highest BCUT2D eigenvalue weighted by Crippen LogP contribution is 2.24. The molecule has 0 unspecified atom stereocenters. The summed E-state index contributed by atoms with van der Waals surface area (Å²) >= 11 is 0. The van der Waals surface area contributed by atoms with Gasteiger partial charge in [0, 0.05) is 11.8 Å². The predicted octanol–water partition coefficient (Wildman–Crippen LogP) is 1.75. The molecule has 0 aliphatic heterocycles. The van der Waals surface area contributed by atoms with Crippen LogP contribution in [0.2, 0.25) is 0 Å². The molecule has 80 valence electrons. The van der Waals surface area contributed by atoms with Gasteiger partial charge in [0.05, 0.1) is 0 Å². The van der Waals surface area contributed by atoms with Crippen LogP contribution in [0.3, 0.4) is 0 Å². The summed E-state index contributed by atoms with van der Waals surface area (Å²) in [4.78, 5) is 18.1. The van der Waals surface area contributed by atoms with Gasteiger partial charge in [-0.25, -0.2) is 20.1 Å². The van der Waals surface area contributed by atoms with Crippen LogP contribution >= 0.6 is 0 Å². The topological polar surface area (TPSA) is 81.0 Å². The van der Waals surface area contributed by atoms with Crippen LogP contribution in [-0.2, 0) is 0 Å². The second-order valence-corrected chi connectivity index (χ2v) is 3.02. The highest BCUT2D eigenvalue weighted by atomic mass is 16.7. The minimum absolute atomic E-state index is 0.186. The summed E-state index contributed by atoms with van der Waals surface area (Å²) in [6.07, 6.45) is 2.80. The van der Waals surface area contributed by atoms with Gasteiger partial charge in [0.2, 0.25) is 5.82 Å². The standard InChI is InChI=1S/C10H8N4O2/c15-14(16)13-10-9(6-11-7-12-10)8-4-2-1-3-5-8/h1-7H,(H,11,12,13). The first-order chi connectivity index (χ1) is 7.77. The van der Waals surface area contributed by atoms with Gasteiger partial charge in [-0.3, -0.25) is 0 Å². The zero-order chi connectivity index (χ0) is 11.4. The van der Waals surface area contributed by atoms with Gasteiger partial charge >= 0.3 is 0 Å². The van der Waals surface area contributed by atoms with E-state index in [4.69, 9.17) is 0 Å². The van der Waals surface area contributed by atoms with Gasteiger partial charge in [0.1, 0.15) is 6.33 Å². The van der Waals surface area contributed by atoms with Gasteiger partial charge in [-0.2, -0.15) is 0 Å². The minimum atomic E-state index is -0.644. The van der Waals surface area contributed by atoms with E-state index in [-0.39, 0.29) is 5.82 Å². The molecule has 0 bridgehead atoms. The highest BCUT2D eigenvalue weighted by molar-refractivity contribution is 5.73. The summed E-state index contributed by atoms with van der Waals surface area (Å²) in [6, 6.07) is 9.23. The number of nitrogens with one attached hydrogen (secondary N) is 1. The van der Waals surface area contributed by atoms with E-state index in [0.717, 1.165) is 5.56 Å². The molecule has 0 radical (unpaired) electrons. The zero-order valence-corrected chi connectivity index (χ0v) is 8.20. The largest absolute Gasteiger partial charge is 0.244 e. The van der Waals surface area contributed by atoms with Crippen molar-refractivity contribution in [1.82, 2.24) is 9.97 Å². The quantitative estimate of drug-likeness (QED) is 0.624. The van der Waals surface area contributed by atoms with E-state index < -0.39 is 5.03 Å². The maximum absolute atomic E-state index is 10.4. The van der Waals surface area contributed by atoms with E-state index >= 15 is 0 Å². The molecule has 2 rings (SSSR count). The molecule has 1 aromatic heterocycles. The number of aromatic nitrogens is 2. The minimum Gasteiger partial charge on any atom is -0.244 e. The van der Waals surface area contributed by atoms with Crippen LogP contribution in [0.5, 0.6) is 0 Å². The normalized spacial score (nSPS) is 9.75. The molecular formula is C10H8N4O2. The van der Waals surface area contributed by atoms with E-state index in [1.807, 2.05) is 35.8 Å². The Morgan fingerprint density at radius 3 is 2.69 bits per heavy atom. The van der Waals surface area contributed by atoms with Crippen molar-refractivity contribution in [2.75, 3.05) is 5.43 Å². The van der Waals surface area contributed by atoms with Crippen LogP contribution in [0.4, 0.5) is 5.82 Å². The smallest absolute Gasteiger partial charge is 0.201 e. The lowest BCUT2D eigenvalue weighted by Crippen LogP contribution is -2.10. The maximum Gasteiger partial charge on any atom is 0.201 e. The molecule has 6 nitrogen and oxygen atoms in total. The van der Waals surface area contributed by atoms with Crippen LogP contribution in [0, 0.1) is 10.1 Å². The number of nitrogens with zero attached hydrogens (tertiary/aromatic N) is 3. The van der Waals surface area contributed by atoms with E-state index in [0.29, 0.717) is 5.56 Å². The van der Waals surface area contributed by atoms with E-state index in [1.165, 1.54) is 12.5 Å². The molecule has 0 atom stereocenters. The summed E-state index contributed by atoms with van der Waals surface area (Å²) in [6.45, 7) is 0. The van der Waals surface area contributed by atoms with Crippen LogP contribution in [0.1, 0.15) is 0 Å². The van der Waals surface area contributed by atoms with Gasteiger partial charge in [-0.1, -0.05) is 35.8 Å². The van der Waals surface area contributed by atoms with Crippen molar-refractivity contribution in [2.24, 2.45) is 0 Å². The summed E-state index contributed by atoms with van der Waals surface area (Å²) in [5, 5.41) is 9.74. The van der Waals surface area contributed by atoms with Crippen molar-refractivity contribution in [3.05, 3.63) is 53.0 Å². The Morgan fingerprint density at radius 2 is 2.00 bits per heavy atom. The molecule has 2 aromatic rings. The number of hydrogen-bond donors (Lipinski definition) is 1. The van der Waals surface area contributed by atoms with E-state index in [2.05, 4.69) is 9.97 Å². The van der Waals surface area contributed by atoms with Gasteiger partial charge in [0.15, 0.2) is 5.03 Å². The zero-order valence-electron chi connectivity index (χ0n) is 8.20. The fraction of sp³-hybridized carbons (Fsp3) is 0. The summed E-state index contributed by atoms with van der Waals surface area (Å²) in [5.41, 5.74) is 3.47. The van der Waals surface area contributed by atoms with Gasteiger partial charge in [-0.05, 0) is 5.56 Å². The first-order valence-corrected chi connectivity index (χ1v) is 4.54. The van der Waals surface area contributed by atoms with Crippen molar-refractivity contribution >= 4 is 5.82 Å². The Kier molecular flexibility index (Phi) is 2.73. The van der Waals surface area contributed by atoms with Crippen molar-refractivity contribution in [3.8, 4) is 11.1 Å². The molecule has 0 saturated carbocycles. The molecule has 16 heavy (non-hydrogen) atoms. The number of rotatable bonds is 3. The number of benzene rings is 1. The number of anilines is 1. The average molecular weight is 216 g/mol. The molecule has 0 amide bonds. The number of nitro groups is 1. The maximum atomic E-state index is 10.4. The molecule has 6 heteroatoms. The molecule has 0 fully saturated rings. The molecular weight excluding hydrogens is 208 g/mol. The summed E-state index contributed by atoms with van der Waals surface area (Å²) < 4.78 is 0. The molecule has 1 aromatic carbocycles. The van der Waals surface area contributed by atoms with Crippen LogP contribution in [0.25, 0.3) is 11.1 Å². The fourth-order valence-electron chi connectivity index (χ4n) is 1.33. The lowest BCUT2D eigenvalue weighted by molar-refractivity contribution is -0.445.